The number of halogens is 1. The summed E-state index contributed by atoms with van der Waals surface area (Å²) in [6, 6.07) is 15.7. The molecule has 1 aliphatic rings. The summed E-state index contributed by atoms with van der Waals surface area (Å²) in [4.78, 5) is 18.7. The summed E-state index contributed by atoms with van der Waals surface area (Å²) < 4.78 is 13.6. The Balaban J connectivity index is 1.37. The van der Waals surface area contributed by atoms with E-state index >= 15 is 0 Å². The molecule has 5 rings (SSSR count). The number of thiophene rings is 1. The van der Waals surface area contributed by atoms with Crippen LogP contribution >= 0.6 is 22.9 Å². The van der Waals surface area contributed by atoms with Crippen LogP contribution in [0.4, 0.5) is 0 Å². The third-order valence-corrected chi connectivity index (χ3v) is 6.99. The van der Waals surface area contributed by atoms with Crippen molar-refractivity contribution in [2.45, 2.75) is 25.3 Å². The SMILES string of the molecule is COc1cc(-n2cnc3cc(-c4ccc(Cl)cc4)sc3c2=O)ccc1OCCCNC1CC1. The summed E-state index contributed by atoms with van der Waals surface area (Å²) in [5.41, 5.74) is 2.24. The molecule has 0 bridgehead atoms. The lowest BCUT2D eigenvalue weighted by molar-refractivity contribution is 0.287. The van der Waals surface area contributed by atoms with Gasteiger partial charge in [-0.25, -0.2) is 4.98 Å². The summed E-state index contributed by atoms with van der Waals surface area (Å²) in [7, 11) is 1.60. The first-order chi connectivity index (χ1) is 16.1. The molecule has 6 nitrogen and oxygen atoms in total. The van der Waals surface area contributed by atoms with E-state index < -0.39 is 0 Å². The molecule has 0 saturated heterocycles. The summed E-state index contributed by atoms with van der Waals surface area (Å²) in [6.07, 6.45) is 5.05. The van der Waals surface area contributed by atoms with Crippen LogP contribution in [0.2, 0.25) is 5.02 Å². The van der Waals surface area contributed by atoms with Crippen LogP contribution in [0.1, 0.15) is 19.3 Å². The number of methoxy groups -OCH3 is 1. The first-order valence-corrected chi connectivity index (χ1v) is 12.1. The zero-order chi connectivity index (χ0) is 22.8. The van der Waals surface area contributed by atoms with E-state index in [0.29, 0.717) is 45.1 Å². The van der Waals surface area contributed by atoms with Crippen LogP contribution in [0.15, 0.2) is 59.7 Å². The maximum Gasteiger partial charge on any atom is 0.275 e. The van der Waals surface area contributed by atoms with Gasteiger partial charge in [-0.3, -0.25) is 9.36 Å². The standard InChI is InChI=1S/C25H24ClN3O3S/c1-31-22-13-19(9-10-21(22)32-12-2-11-27-18-7-8-18)29-15-28-20-14-23(33-24(20)25(29)30)16-3-5-17(26)6-4-16/h3-6,9-10,13-15,18,27H,2,7-8,11-12H2,1H3. The first-order valence-electron chi connectivity index (χ1n) is 10.9. The quantitative estimate of drug-likeness (QED) is 0.329. The normalized spacial score (nSPS) is 13.4. The van der Waals surface area contributed by atoms with Gasteiger partial charge < -0.3 is 14.8 Å². The highest BCUT2D eigenvalue weighted by molar-refractivity contribution is 7.22. The predicted octanol–water partition coefficient (Wildman–Crippen LogP) is 5.30. The van der Waals surface area contributed by atoms with Crippen molar-refractivity contribution in [1.29, 1.82) is 0 Å². The Labute approximate surface area is 200 Å². The summed E-state index contributed by atoms with van der Waals surface area (Å²) in [5.74, 6) is 1.25. The molecule has 0 spiro atoms. The van der Waals surface area contributed by atoms with Crippen molar-refractivity contribution < 1.29 is 9.47 Å². The fourth-order valence-electron chi connectivity index (χ4n) is 3.63. The van der Waals surface area contributed by atoms with Crippen LogP contribution in [0, 0.1) is 0 Å². The van der Waals surface area contributed by atoms with Crippen molar-refractivity contribution in [1.82, 2.24) is 14.9 Å². The summed E-state index contributed by atoms with van der Waals surface area (Å²) in [5, 5.41) is 4.15. The van der Waals surface area contributed by atoms with E-state index in [1.807, 2.05) is 42.5 Å². The molecule has 8 heteroatoms. The van der Waals surface area contributed by atoms with Gasteiger partial charge in [0.15, 0.2) is 11.5 Å². The van der Waals surface area contributed by atoms with E-state index in [2.05, 4.69) is 10.3 Å². The molecular formula is C25H24ClN3O3S. The molecule has 33 heavy (non-hydrogen) atoms. The Morgan fingerprint density at radius 1 is 1.15 bits per heavy atom. The maximum atomic E-state index is 13.2. The van der Waals surface area contributed by atoms with Crippen molar-refractivity contribution in [3.8, 4) is 27.6 Å². The first kappa shape index (κ1) is 21.9. The van der Waals surface area contributed by atoms with E-state index in [-0.39, 0.29) is 5.56 Å². The molecular weight excluding hydrogens is 458 g/mol. The van der Waals surface area contributed by atoms with E-state index in [1.54, 1.807) is 19.5 Å². The van der Waals surface area contributed by atoms with Gasteiger partial charge in [-0.2, -0.15) is 0 Å². The molecule has 0 unspecified atom stereocenters. The molecule has 1 N–H and O–H groups in total. The summed E-state index contributed by atoms with van der Waals surface area (Å²) in [6.45, 7) is 1.55. The monoisotopic (exact) mass is 481 g/mol. The predicted molar refractivity (Wildman–Crippen MR) is 133 cm³/mol. The van der Waals surface area contributed by atoms with Crippen molar-refractivity contribution in [2.75, 3.05) is 20.3 Å². The van der Waals surface area contributed by atoms with Gasteiger partial charge >= 0.3 is 0 Å². The van der Waals surface area contributed by atoms with Crippen molar-refractivity contribution in [3.63, 3.8) is 0 Å². The minimum atomic E-state index is -0.118. The Bertz CT molecular complexity index is 1330. The number of nitrogens with one attached hydrogen (secondary N) is 1. The number of hydrogen-bond acceptors (Lipinski definition) is 6. The largest absolute Gasteiger partial charge is 0.493 e. The molecule has 2 aromatic carbocycles. The third kappa shape index (κ3) is 4.90. The average molecular weight is 482 g/mol. The van der Waals surface area contributed by atoms with Gasteiger partial charge in [-0.15, -0.1) is 11.3 Å². The molecule has 0 aliphatic heterocycles. The molecule has 2 aromatic heterocycles. The van der Waals surface area contributed by atoms with Gasteiger partial charge in [0.1, 0.15) is 11.0 Å². The van der Waals surface area contributed by atoms with Crippen LogP contribution in [-0.4, -0.2) is 35.9 Å². The molecule has 1 aliphatic carbocycles. The van der Waals surface area contributed by atoms with Crippen molar-refractivity contribution in [3.05, 3.63) is 70.2 Å². The maximum absolute atomic E-state index is 13.2. The number of rotatable bonds is 9. The van der Waals surface area contributed by atoms with Crippen LogP contribution < -0.4 is 20.3 Å². The second kappa shape index (κ2) is 9.55. The third-order valence-electron chi connectivity index (χ3n) is 5.58. The minimum absolute atomic E-state index is 0.118. The van der Waals surface area contributed by atoms with Crippen LogP contribution in [0.25, 0.3) is 26.3 Å². The summed E-state index contributed by atoms with van der Waals surface area (Å²) >= 11 is 7.42. The number of aromatic nitrogens is 2. The van der Waals surface area contributed by atoms with E-state index in [9.17, 15) is 4.79 Å². The molecule has 1 saturated carbocycles. The van der Waals surface area contributed by atoms with Crippen LogP contribution in [0.3, 0.4) is 0 Å². The molecule has 4 aromatic rings. The molecule has 0 radical (unpaired) electrons. The van der Waals surface area contributed by atoms with Crippen LogP contribution in [-0.2, 0) is 0 Å². The zero-order valence-corrected chi connectivity index (χ0v) is 19.8. The second-order valence-corrected chi connectivity index (χ2v) is 9.51. The molecule has 1 fully saturated rings. The number of hydrogen-bond donors (Lipinski definition) is 1. The fourth-order valence-corrected chi connectivity index (χ4v) is 4.80. The van der Waals surface area contributed by atoms with Crippen LogP contribution in [0.5, 0.6) is 11.5 Å². The van der Waals surface area contributed by atoms with Gasteiger partial charge in [-0.05, 0) is 61.7 Å². The lowest BCUT2D eigenvalue weighted by Crippen LogP contribution is -2.19. The Morgan fingerprint density at radius 2 is 1.97 bits per heavy atom. The topological polar surface area (TPSA) is 65.4 Å². The van der Waals surface area contributed by atoms with E-state index in [4.69, 9.17) is 21.1 Å². The highest BCUT2D eigenvalue weighted by Crippen LogP contribution is 2.33. The highest BCUT2D eigenvalue weighted by Gasteiger charge is 2.19. The average Bonchev–Trinajstić information content (AvgIpc) is 3.55. The van der Waals surface area contributed by atoms with Gasteiger partial charge in [-0.1, -0.05) is 23.7 Å². The Hall–Kier alpha value is -2.87. The number of benzene rings is 2. The number of nitrogens with zero attached hydrogens (tertiary/aromatic N) is 2. The van der Waals surface area contributed by atoms with Gasteiger partial charge in [0, 0.05) is 22.0 Å². The van der Waals surface area contributed by atoms with Gasteiger partial charge in [0.05, 0.1) is 24.9 Å². The Kier molecular flexibility index (Phi) is 6.35. The van der Waals surface area contributed by atoms with E-state index in [0.717, 1.165) is 23.4 Å². The van der Waals surface area contributed by atoms with Crippen molar-refractivity contribution in [2.24, 2.45) is 0 Å². The minimum Gasteiger partial charge on any atom is -0.493 e. The molecule has 2 heterocycles. The Morgan fingerprint density at radius 3 is 2.73 bits per heavy atom. The smallest absolute Gasteiger partial charge is 0.275 e. The number of ether oxygens (including phenoxy) is 2. The van der Waals surface area contributed by atoms with Gasteiger partial charge in [0.2, 0.25) is 0 Å². The number of fused-ring (bicyclic) bond motifs is 1. The second-order valence-electron chi connectivity index (χ2n) is 8.02. The lowest BCUT2D eigenvalue weighted by atomic mass is 10.2. The van der Waals surface area contributed by atoms with Gasteiger partial charge in [0.25, 0.3) is 5.56 Å². The lowest BCUT2D eigenvalue weighted by Gasteiger charge is -2.13. The fraction of sp³-hybridized carbons (Fsp3) is 0.280. The molecule has 0 atom stereocenters. The zero-order valence-electron chi connectivity index (χ0n) is 18.2. The van der Waals surface area contributed by atoms with Crippen molar-refractivity contribution >= 4 is 33.2 Å². The van der Waals surface area contributed by atoms with E-state index in [1.165, 1.54) is 28.7 Å². The molecule has 170 valence electrons. The molecule has 0 amide bonds. The highest BCUT2D eigenvalue weighted by atomic mass is 35.5.